The number of hydrogen-bond acceptors (Lipinski definition) is 6. The first-order valence-electron chi connectivity index (χ1n) is 9.83. The molecule has 4 aromatic rings. The molecule has 1 aliphatic rings. The molecular formula is C21H23N7O2. The fourth-order valence-corrected chi connectivity index (χ4v) is 3.82. The van der Waals surface area contributed by atoms with Gasteiger partial charge in [-0.1, -0.05) is 0 Å². The number of fused-ring (bicyclic) bond motifs is 5. The number of amides is 1. The van der Waals surface area contributed by atoms with Gasteiger partial charge in [0, 0.05) is 43.5 Å². The molecule has 3 N–H and O–H groups in total. The second kappa shape index (κ2) is 7.03. The Morgan fingerprint density at radius 2 is 2.17 bits per heavy atom. The van der Waals surface area contributed by atoms with Crippen molar-refractivity contribution in [2.75, 3.05) is 24.3 Å². The van der Waals surface area contributed by atoms with Crippen LogP contribution in [0.15, 0.2) is 36.7 Å². The van der Waals surface area contributed by atoms with Crippen LogP contribution in [0.4, 0.5) is 17.3 Å². The number of aryl methyl sites for hydroxylation is 1. The largest absolute Gasteiger partial charge is 0.375 e. The highest BCUT2D eigenvalue weighted by Crippen LogP contribution is 2.30. The molecule has 1 atom stereocenters. The predicted molar refractivity (Wildman–Crippen MR) is 115 cm³/mol. The number of carbonyl (C=O) groups excluding carboxylic acids is 1. The quantitative estimate of drug-likeness (QED) is 0.450. The minimum atomic E-state index is -0.228. The Hall–Kier alpha value is -3.59. The third-order valence-corrected chi connectivity index (χ3v) is 5.31. The van der Waals surface area contributed by atoms with Gasteiger partial charge in [0.25, 0.3) is 5.91 Å². The monoisotopic (exact) mass is 405 g/mol. The first-order chi connectivity index (χ1) is 14.5. The highest BCUT2D eigenvalue weighted by molar-refractivity contribution is 6.00. The number of anilines is 3. The van der Waals surface area contributed by atoms with Gasteiger partial charge in [0.05, 0.1) is 24.9 Å². The van der Waals surface area contributed by atoms with Gasteiger partial charge in [-0.05, 0) is 30.7 Å². The number of benzene rings is 1. The van der Waals surface area contributed by atoms with Crippen LogP contribution in [0.2, 0.25) is 0 Å². The maximum atomic E-state index is 12.8. The summed E-state index contributed by atoms with van der Waals surface area (Å²) in [5.74, 6) is 1.12. The van der Waals surface area contributed by atoms with Crippen molar-refractivity contribution in [2.45, 2.75) is 19.6 Å². The van der Waals surface area contributed by atoms with Crippen LogP contribution in [-0.4, -0.2) is 44.8 Å². The van der Waals surface area contributed by atoms with Crippen LogP contribution >= 0.6 is 0 Å². The molecule has 1 amide bonds. The summed E-state index contributed by atoms with van der Waals surface area (Å²) in [7, 11) is 3.84. The molecule has 0 saturated carbocycles. The van der Waals surface area contributed by atoms with Crippen molar-refractivity contribution < 1.29 is 9.53 Å². The van der Waals surface area contributed by atoms with Crippen LogP contribution < -0.4 is 16.0 Å². The number of ether oxygens (including phenoxy) is 1. The van der Waals surface area contributed by atoms with Gasteiger partial charge in [0.1, 0.15) is 17.2 Å². The van der Waals surface area contributed by atoms with Crippen LogP contribution in [0, 0.1) is 0 Å². The van der Waals surface area contributed by atoms with Crippen molar-refractivity contribution in [1.82, 2.24) is 24.5 Å². The molecule has 0 spiro atoms. The molecule has 0 fully saturated rings. The van der Waals surface area contributed by atoms with Gasteiger partial charge >= 0.3 is 0 Å². The molecule has 4 bridgehead atoms. The number of nitrogens with one attached hydrogen (secondary N) is 3. The molecule has 1 aromatic carbocycles. The summed E-state index contributed by atoms with van der Waals surface area (Å²) >= 11 is 0. The highest BCUT2D eigenvalue weighted by atomic mass is 16.5. The van der Waals surface area contributed by atoms with Crippen molar-refractivity contribution in [3.63, 3.8) is 0 Å². The van der Waals surface area contributed by atoms with Crippen molar-refractivity contribution >= 4 is 39.8 Å². The molecule has 0 saturated heterocycles. The van der Waals surface area contributed by atoms with Crippen LogP contribution in [0.3, 0.4) is 0 Å². The Morgan fingerprint density at radius 3 is 3.00 bits per heavy atom. The van der Waals surface area contributed by atoms with Crippen molar-refractivity contribution in [1.29, 1.82) is 0 Å². The first kappa shape index (κ1) is 18.4. The average Bonchev–Trinajstić information content (AvgIpc) is 3.31. The molecule has 30 heavy (non-hydrogen) atoms. The second-order valence-corrected chi connectivity index (χ2v) is 7.59. The third kappa shape index (κ3) is 3.03. The zero-order valence-corrected chi connectivity index (χ0v) is 17.1. The Kier molecular flexibility index (Phi) is 4.32. The summed E-state index contributed by atoms with van der Waals surface area (Å²) in [6, 6.07) is 8.00. The van der Waals surface area contributed by atoms with E-state index in [1.54, 1.807) is 4.52 Å². The Morgan fingerprint density at radius 1 is 1.30 bits per heavy atom. The maximum absolute atomic E-state index is 12.8. The molecule has 154 valence electrons. The van der Waals surface area contributed by atoms with Crippen LogP contribution in [-0.2, 0) is 18.4 Å². The Bertz CT molecular complexity index is 1270. The lowest BCUT2D eigenvalue weighted by Crippen LogP contribution is -2.35. The zero-order chi connectivity index (χ0) is 20.8. The fraction of sp³-hybridized carbons (Fsp3) is 0.286. The van der Waals surface area contributed by atoms with Gasteiger partial charge in [0.2, 0.25) is 0 Å². The van der Waals surface area contributed by atoms with Gasteiger partial charge in [-0.2, -0.15) is 9.61 Å². The lowest BCUT2D eigenvalue weighted by atomic mass is 10.1. The first-order valence-corrected chi connectivity index (χ1v) is 9.83. The summed E-state index contributed by atoms with van der Waals surface area (Å²) in [6.07, 6.45) is 3.57. The topological polar surface area (TPSA) is 97.5 Å². The molecule has 4 heterocycles. The average molecular weight is 405 g/mol. The van der Waals surface area contributed by atoms with Crippen LogP contribution in [0.5, 0.6) is 0 Å². The zero-order valence-electron chi connectivity index (χ0n) is 17.1. The number of carbonyl (C=O) groups is 1. The van der Waals surface area contributed by atoms with E-state index in [0.29, 0.717) is 30.2 Å². The van der Waals surface area contributed by atoms with Crippen LogP contribution in [0.1, 0.15) is 22.8 Å². The van der Waals surface area contributed by atoms with Gasteiger partial charge in [-0.3, -0.25) is 4.79 Å². The summed E-state index contributed by atoms with van der Waals surface area (Å²) in [5.41, 5.74) is 3.97. The lowest BCUT2D eigenvalue weighted by Gasteiger charge is -2.17. The van der Waals surface area contributed by atoms with E-state index in [0.717, 1.165) is 28.0 Å². The minimum absolute atomic E-state index is 0.154. The molecule has 0 aliphatic carbocycles. The van der Waals surface area contributed by atoms with Crippen LogP contribution in [0.25, 0.3) is 16.6 Å². The summed E-state index contributed by atoms with van der Waals surface area (Å²) in [4.78, 5) is 17.5. The molecule has 0 radical (unpaired) electrons. The van der Waals surface area contributed by atoms with Gasteiger partial charge in [-0.15, -0.1) is 0 Å². The molecular weight excluding hydrogens is 382 g/mol. The number of rotatable bonds is 1. The molecule has 9 heteroatoms. The molecule has 3 aromatic heterocycles. The predicted octanol–water partition coefficient (Wildman–Crippen LogP) is 2.65. The fourth-order valence-electron chi connectivity index (χ4n) is 3.82. The smallest absolute Gasteiger partial charge is 0.257 e. The molecule has 1 aliphatic heterocycles. The van der Waals surface area contributed by atoms with E-state index in [-0.39, 0.29) is 11.9 Å². The van der Waals surface area contributed by atoms with Crippen molar-refractivity contribution in [3.05, 3.63) is 47.8 Å². The second-order valence-electron chi connectivity index (χ2n) is 7.59. The van der Waals surface area contributed by atoms with E-state index in [1.165, 1.54) is 6.20 Å². The third-order valence-electron chi connectivity index (χ3n) is 5.31. The number of nitrogens with zero attached hydrogens (tertiary/aromatic N) is 4. The van der Waals surface area contributed by atoms with E-state index in [9.17, 15) is 4.79 Å². The number of aromatic nitrogens is 4. The molecule has 5 rings (SSSR count). The normalized spacial score (nSPS) is 17.0. The maximum Gasteiger partial charge on any atom is 0.257 e. The lowest BCUT2D eigenvalue weighted by molar-refractivity contribution is 0.0822. The van der Waals surface area contributed by atoms with E-state index >= 15 is 0 Å². The Labute approximate surface area is 173 Å². The molecule has 0 unspecified atom stereocenters. The van der Waals surface area contributed by atoms with Crippen molar-refractivity contribution in [3.8, 4) is 0 Å². The molecule has 9 nitrogen and oxygen atoms in total. The SMILES string of the molecule is CNc1cc2nc3c(cnn13)C(=O)N[C@H](C)COCc1cc(c3ccn(C)c3c1)N2. The van der Waals surface area contributed by atoms with E-state index < -0.39 is 0 Å². The van der Waals surface area contributed by atoms with E-state index in [2.05, 4.69) is 43.8 Å². The summed E-state index contributed by atoms with van der Waals surface area (Å²) in [6.45, 7) is 2.77. The highest BCUT2D eigenvalue weighted by Gasteiger charge is 2.20. The van der Waals surface area contributed by atoms with Gasteiger partial charge in [0.15, 0.2) is 5.65 Å². The van der Waals surface area contributed by atoms with E-state index in [4.69, 9.17) is 9.72 Å². The van der Waals surface area contributed by atoms with E-state index in [1.807, 2.05) is 33.3 Å². The standard InChI is InChI=1S/C21H23N7O2/c1-12-10-30-11-13-6-16(14-4-5-27(3)17(14)7-13)25-18-8-19(22-2)28-20(26-18)15(9-23-28)21(29)24-12/h4-9,12,22H,10-11H2,1-3H3,(H,24,29)(H,25,26)/t12-/m1/s1. The Balaban J connectivity index is 1.72. The number of hydrogen-bond donors (Lipinski definition) is 3. The van der Waals surface area contributed by atoms with Gasteiger partial charge < -0.3 is 25.3 Å². The van der Waals surface area contributed by atoms with Crippen molar-refractivity contribution in [2.24, 2.45) is 7.05 Å². The minimum Gasteiger partial charge on any atom is -0.375 e. The summed E-state index contributed by atoms with van der Waals surface area (Å²) in [5, 5.41) is 15.0. The van der Waals surface area contributed by atoms with Gasteiger partial charge in [-0.25, -0.2) is 4.98 Å². The summed E-state index contributed by atoms with van der Waals surface area (Å²) < 4.78 is 9.60.